The van der Waals surface area contributed by atoms with Gasteiger partial charge in [-0.1, -0.05) is 17.7 Å². The van der Waals surface area contributed by atoms with Crippen molar-refractivity contribution in [3.05, 3.63) is 46.3 Å². The maximum atomic E-state index is 12.0. The molecule has 0 fully saturated rings. The Balaban J connectivity index is 2.35. The van der Waals surface area contributed by atoms with Gasteiger partial charge in [-0.25, -0.2) is 8.42 Å². The molecule has 0 atom stereocenters. The Bertz CT molecular complexity index is 712. The van der Waals surface area contributed by atoms with Gasteiger partial charge in [0.2, 0.25) is 5.91 Å². The van der Waals surface area contributed by atoms with Crippen molar-refractivity contribution in [1.82, 2.24) is 0 Å². The van der Waals surface area contributed by atoms with E-state index in [1.807, 2.05) is 0 Å². The number of benzene rings is 1. The number of amides is 1. The first kappa shape index (κ1) is 13.9. The highest BCUT2D eigenvalue weighted by atomic mass is 35.5. The molecular weight excluding hydrogens is 308 g/mol. The molecule has 0 aliphatic heterocycles. The summed E-state index contributed by atoms with van der Waals surface area (Å²) in [6, 6.07) is 7.29. The van der Waals surface area contributed by atoms with Crippen LogP contribution in [0.25, 0.3) is 0 Å². The minimum absolute atomic E-state index is 0.0630. The molecule has 0 bridgehead atoms. The molecule has 1 amide bonds. The molecule has 3 N–H and O–H groups in total. The normalized spacial score (nSPS) is 11.2. The fraction of sp³-hybridized carbons (Fsp3) is 0. The van der Waals surface area contributed by atoms with E-state index in [1.165, 1.54) is 24.3 Å². The van der Waals surface area contributed by atoms with E-state index in [1.54, 1.807) is 11.4 Å². The maximum Gasteiger partial charge on any atom is 0.271 e. The molecule has 0 spiro atoms. The van der Waals surface area contributed by atoms with Crippen molar-refractivity contribution in [1.29, 1.82) is 0 Å². The SMILES string of the molecule is NC(=O)c1cc(NS(=O)(=O)c2cccs2)ccc1Cl. The van der Waals surface area contributed by atoms with E-state index >= 15 is 0 Å². The number of nitrogens with one attached hydrogen (secondary N) is 1. The van der Waals surface area contributed by atoms with Gasteiger partial charge < -0.3 is 5.73 Å². The van der Waals surface area contributed by atoms with Gasteiger partial charge in [0.05, 0.1) is 10.6 Å². The summed E-state index contributed by atoms with van der Waals surface area (Å²) in [6.07, 6.45) is 0. The van der Waals surface area contributed by atoms with Crippen LogP contribution in [0, 0.1) is 0 Å². The standard InChI is InChI=1S/C11H9ClN2O3S2/c12-9-4-3-7(6-8(9)11(13)15)14-19(16,17)10-2-1-5-18-10/h1-6,14H,(H2,13,15). The molecule has 0 aliphatic rings. The molecule has 0 unspecified atom stereocenters. The van der Waals surface area contributed by atoms with E-state index in [0.717, 1.165) is 11.3 Å². The third-order valence-corrected chi connectivity index (χ3v) is 5.35. The smallest absolute Gasteiger partial charge is 0.271 e. The third-order valence-electron chi connectivity index (χ3n) is 2.24. The van der Waals surface area contributed by atoms with Gasteiger partial charge in [0.15, 0.2) is 0 Å². The fourth-order valence-electron chi connectivity index (χ4n) is 1.40. The van der Waals surface area contributed by atoms with Crippen molar-refractivity contribution in [3.63, 3.8) is 0 Å². The fourth-order valence-corrected chi connectivity index (χ4v) is 3.65. The van der Waals surface area contributed by atoms with Crippen LogP contribution < -0.4 is 10.5 Å². The summed E-state index contributed by atoms with van der Waals surface area (Å²) in [5, 5.41) is 1.83. The Morgan fingerprint density at radius 2 is 2.05 bits per heavy atom. The highest BCUT2D eigenvalue weighted by molar-refractivity contribution is 7.94. The summed E-state index contributed by atoms with van der Waals surface area (Å²) in [5.74, 6) is -0.720. The van der Waals surface area contributed by atoms with Crippen LogP contribution in [-0.4, -0.2) is 14.3 Å². The zero-order valence-corrected chi connectivity index (χ0v) is 11.8. The molecule has 2 rings (SSSR count). The summed E-state index contributed by atoms with van der Waals surface area (Å²) in [6.45, 7) is 0. The number of sulfonamides is 1. The Morgan fingerprint density at radius 1 is 1.32 bits per heavy atom. The molecule has 0 saturated carbocycles. The van der Waals surface area contributed by atoms with Crippen molar-refractivity contribution in [2.24, 2.45) is 5.73 Å². The van der Waals surface area contributed by atoms with E-state index in [4.69, 9.17) is 17.3 Å². The van der Waals surface area contributed by atoms with E-state index in [2.05, 4.69) is 4.72 Å². The first-order chi connectivity index (χ1) is 8.90. The second-order valence-electron chi connectivity index (χ2n) is 3.60. The molecule has 1 aromatic heterocycles. The average molecular weight is 317 g/mol. The Morgan fingerprint density at radius 3 is 2.63 bits per heavy atom. The first-order valence-corrected chi connectivity index (χ1v) is 7.80. The Kier molecular flexibility index (Phi) is 3.79. The number of hydrogen-bond acceptors (Lipinski definition) is 4. The lowest BCUT2D eigenvalue weighted by atomic mass is 10.2. The number of anilines is 1. The average Bonchev–Trinajstić information content (AvgIpc) is 2.85. The Hall–Kier alpha value is -1.57. The molecule has 1 heterocycles. The summed E-state index contributed by atoms with van der Waals surface area (Å²) < 4.78 is 26.5. The van der Waals surface area contributed by atoms with Crippen LogP contribution in [0.3, 0.4) is 0 Å². The molecule has 19 heavy (non-hydrogen) atoms. The lowest BCUT2D eigenvalue weighted by molar-refractivity contribution is 0.100. The number of nitrogens with two attached hydrogens (primary N) is 1. The number of thiophene rings is 1. The summed E-state index contributed by atoms with van der Waals surface area (Å²) >= 11 is 6.88. The van der Waals surface area contributed by atoms with E-state index in [9.17, 15) is 13.2 Å². The second kappa shape index (κ2) is 5.20. The second-order valence-corrected chi connectivity index (χ2v) is 6.86. The molecule has 0 aliphatic carbocycles. The maximum absolute atomic E-state index is 12.0. The van der Waals surface area contributed by atoms with E-state index in [-0.39, 0.29) is 20.5 Å². The van der Waals surface area contributed by atoms with E-state index < -0.39 is 15.9 Å². The van der Waals surface area contributed by atoms with Gasteiger partial charge in [0.1, 0.15) is 4.21 Å². The predicted molar refractivity (Wildman–Crippen MR) is 75.1 cm³/mol. The number of primary amides is 1. The van der Waals surface area contributed by atoms with Crippen LogP contribution in [0.1, 0.15) is 10.4 Å². The minimum Gasteiger partial charge on any atom is -0.366 e. The molecule has 0 radical (unpaired) electrons. The van der Waals surface area contributed by atoms with Gasteiger partial charge in [-0.05, 0) is 29.6 Å². The zero-order valence-electron chi connectivity index (χ0n) is 9.46. The number of halogens is 1. The number of carbonyl (C=O) groups excluding carboxylic acids is 1. The van der Waals surface area contributed by atoms with Crippen molar-refractivity contribution in [2.45, 2.75) is 4.21 Å². The zero-order chi connectivity index (χ0) is 14.0. The highest BCUT2D eigenvalue weighted by Crippen LogP contribution is 2.24. The molecular formula is C11H9ClN2O3S2. The van der Waals surface area contributed by atoms with Crippen molar-refractivity contribution >= 4 is 44.6 Å². The first-order valence-electron chi connectivity index (χ1n) is 5.06. The van der Waals surface area contributed by atoms with Crippen molar-refractivity contribution in [3.8, 4) is 0 Å². The molecule has 100 valence electrons. The summed E-state index contributed by atoms with van der Waals surface area (Å²) in [7, 11) is -3.65. The van der Waals surface area contributed by atoms with E-state index in [0.29, 0.717) is 0 Å². The quantitative estimate of drug-likeness (QED) is 0.907. The van der Waals surface area contributed by atoms with Gasteiger partial charge in [-0.15, -0.1) is 11.3 Å². The van der Waals surface area contributed by atoms with Crippen LogP contribution in [0.4, 0.5) is 5.69 Å². The van der Waals surface area contributed by atoms with Gasteiger partial charge >= 0.3 is 0 Å². The van der Waals surface area contributed by atoms with Gasteiger partial charge in [-0.2, -0.15) is 0 Å². The van der Waals surface area contributed by atoms with Gasteiger partial charge in [0, 0.05) is 5.69 Å². The summed E-state index contributed by atoms with van der Waals surface area (Å²) in [5.41, 5.74) is 5.43. The molecule has 1 aromatic carbocycles. The highest BCUT2D eigenvalue weighted by Gasteiger charge is 2.16. The number of rotatable bonds is 4. The van der Waals surface area contributed by atoms with Crippen molar-refractivity contribution < 1.29 is 13.2 Å². The monoisotopic (exact) mass is 316 g/mol. The topological polar surface area (TPSA) is 89.3 Å². The van der Waals surface area contributed by atoms with Gasteiger partial charge in [-0.3, -0.25) is 9.52 Å². The minimum atomic E-state index is -3.65. The van der Waals surface area contributed by atoms with Crippen LogP contribution in [0.2, 0.25) is 5.02 Å². The summed E-state index contributed by atoms with van der Waals surface area (Å²) in [4.78, 5) is 11.1. The Labute approximate surface area is 119 Å². The van der Waals surface area contributed by atoms with Crippen LogP contribution in [-0.2, 0) is 10.0 Å². The third kappa shape index (κ3) is 3.06. The number of hydrogen-bond donors (Lipinski definition) is 2. The van der Waals surface area contributed by atoms with Crippen LogP contribution >= 0.6 is 22.9 Å². The molecule has 8 heteroatoms. The molecule has 2 aromatic rings. The lowest BCUT2D eigenvalue weighted by Gasteiger charge is -2.08. The van der Waals surface area contributed by atoms with Crippen molar-refractivity contribution in [2.75, 3.05) is 4.72 Å². The molecule has 5 nitrogen and oxygen atoms in total. The number of carbonyl (C=O) groups is 1. The predicted octanol–water partition coefficient (Wildman–Crippen LogP) is 2.30. The lowest BCUT2D eigenvalue weighted by Crippen LogP contribution is -2.14. The largest absolute Gasteiger partial charge is 0.366 e. The molecule has 0 saturated heterocycles. The van der Waals surface area contributed by atoms with Gasteiger partial charge in [0.25, 0.3) is 10.0 Å². The van der Waals surface area contributed by atoms with Crippen LogP contribution in [0.5, 0.6) is 0 Å². The van der Waals surface area contributed by atoms with Crippen LogP contribution in [0.15, 0.2) is 39.9 Å².